The van der Waals surface area contributed by atoms with E-state index in [2.05, 4.69) is 39.9 Å². The Bertz CT molecular complexity index is 166. The van der Waals surface area contributed by atoms with Gasteiger partial charge in [-0.15, -0.1) is 0 Å². The molecule has 0 aliphatic carbocycles. The molecule has 0 amide bonds. The summed E-state index contributed by atoms with van der Waals surface area (Å²) in [5.41, 5.74) is 0. The summed E-state index contributed by atoms with van der Waals surface area (Å²) >= 11 is 0. The van der Waals surface area contributed by atoms with E-state index in [-0.39, 0.29) is 0 Å². The summed E-state index contributed by atoms with van der Waals surface area (Å²) in [6.45, 7) is 13.2. The number of nitrogens with one attached hydrogen (secondary N) is 1. The number of hydrogen-bond acceptors (Lipinski definition) is 2. The molecule has 1 N–H and O–H groups in total. The Labute approximate surface area is 115 Å². The van der Waals surface area contributed by atoms with Crippen molar-refractivity contribution in [2.24, 2.45) is 5.92 Å². The van der Waals surface area contributed by atoms with E-state index in [4.69, 9.17) is 4.74 Å². The minimum atomic E-state index is 0.394. The van der Waals surface area contributed by atoms with Gasteiger partial charge in [0.25, 0.3) is 0 Å². The summed E-state index contributed by atoms with van der Waals surface area (Å²) < 4.78 is 5.96. The molecule has 0 aromatic rings. The molecular formula is C16H35NO. The normalized spacial score (nSPS) is 16.5. The van der Waals surface area contributed by atoms with Gasteiger partial charge in [0.15, 0.2) is 0 Å². The molecule has 0 aromatic carbocycles. The van der Waals surface area contributed by atoms with Crippen LogP contribution in [0.2, 0.25) is 0 Å². The summed E-state index contributed by atoms with van der Waals surface area (Å²) in [6, 6.07) is 0.534. The van der Waals surface area contributed by atoms with E-state index in [0.717, 1.165) is 19.1 Å². The Balaban J connectivity index is 4.38. The van der Waals surface area contributed by atoms with Crippen LogP contribution in [-0.2, 0) is 4.74 Å². The summed E-state index contributed by atoms with van der Waals surface area (Å²) in [5, 5.41) is 3.70. The molecule has 0 aliphatic heterocycles. The lowest BCUT2D eigenvalue weighted by Gasteiger charge is -2.30. The first-order valence-corrected chi connectivity index (χ1v) is 8.04. The lowest BCUT2D eigenvalue weighted by Crippen LogP contribution is -2.43. The van der Waals surface area contributed by atoms with E-state index in [9.17, 15) is 0 Å². The zero-order chi connectivity index (χ0) is 13.8. The van der Waals surface area contributed by atoms with Crippen LogP contribution in [0.3, 0.4) is 0 Å². The van der Waals surface area contributed by atoms with Gasteiger partial charge in [-0.1, -0.05) is 47.0 Å². The lowest BCUT2D eigenvalue weighted by atomic mass is 9.92. The summed E-state index contributed by atoms with van der Waals surface area (Å²) in [4.78, 5) is 0. The van der Waals surface area contributed by atoms with Gasteiger partial charge in [-0.25, -0.2) is 0 Å². The Morgan fingerprint density at radius 2 is 1.61 bits per heavy atom. The molecule has 0 saturated heterocycles. The largest absolute Gasteiger partial charge is 0.377 e. The molecular weight excluding hydrogens is 222 g/mol. The highest BCUT2D eigenvalue weighted by Crippen LogP contribution is 2.18. The summed E-state index contributed by atoms with van der Waals surface area (Å²) in [7, 11) is 0. The van der Waals surface area contributed by atoms with Crippen molar-refractivity contribution in [1.29, 1.82) is 0 Å². The third-order valence-electron chi connectivity index (χ3n) is 3.50. The van der Waals surface area contributed by atoms with E-state index >= 15 is 0 Å². The van der Waals surface area contributed by atoms with Gasteiger partial charge in [-0.05, 0) is 38.6 Å². The number of ether oxygens (including phenoxy) is 1. The minimum absolute atomic E-state index is 0.394. The Kier molecular flexibility index (Phi) is 11.9. The zero-order valence-corrected chi connectivity index (χ0v) is 13.3. The molecule has 2 heteroatoms. The zero-order valence-electron chi connectivity index (χ0n) is 13.3. The molecule has 0 aliphatic rings. The van der Waals surface area contributed by atoms with Crippen LogP contribution in [0.15, 0.2) is 0 Å². The fraction of sp³-hybridized carbons (Fsp3) is 1.00. The number of rotatable bonds is 12. The van der Waals surface area contributed by atoms with Crippen LogP contribution in [0.4, 0.5) is 0 Å². The second kappa shape index (κ2) is 12.0. The maximum absolute atomic E-state index is 5.96. The first-order valence-electron chi connectivity index (χ1n) is 8.04. The highest BCUT2D eigenvalue weighted by atomic mass is 16.5. The molecule has 0 spiro atoms. The van der Waals surface area contributed by atoms with Gasteiger partial charge in [0.2, 0.25) is 0 Å². The maximum Gasteiger partial charge on any atom is 0.0727 e. The molecule has 0 radical (unpaired) electrons. The average molecular weight is 257 g/mol. The van der Waals surface area contributed by atoms with E-state index in [1.54, 1.807) is 0 Å². The molecule has 0 bridgehead atoms. The minimum Gasteiger partial charge on any atom is -0.377 e. The summed E-state index contributed by atoms with van der Waals surface area (Å²) in [6.07, 6.45) is 7.84. The third kappa shape index (κ3) is 8.10. The lowest BCUT2D eigenvalue weighted by molar-refractivity contribution is 0.0219. The van der Waals surface area contributed by atoms with Crippen LogP contribution < -0.4 is 5.32 Å². The highest BCUT2D eigenvalue weighted by Gasteiger charge is 2.22. The molecule has 0 aromatic heterocycles. The maximum atomic E-state index is 5.96. The second-order valence-corrected chi connectivity index (χ2v) is 5.47. The standard InChI is InChI=1S/C16H35NO/c1-6-10-14(5)13-15(17-12-8-3)16(11-7-2)18-9-4/h14-17H,6-13H2,1-5H3. The van der Waals surface area contributed by atoms with Crippen LogP contribution in [0.25, 0.3) is 0 Å². The van der Waals surface area contributed by atoms with Gasteiger partial charge in [0.05, 0.1) is 6.10 Å². The van der Waals surface area contributed by atoms with Gasteiger partial charge >= 0.3 is 0 Å². The molecule has 3 unspecified atom stereocenters. The SMILES string of the molecule is CCCNC(CC(C)CCC)C(CCC)OCC. The molecule has 110 valence electrons. The smallest absolute Gasteiger partial charge is 0.0727 e. The molecule has 0 saturated carbocycles. The molecule has 0 heterocycles. The van der Waals surface area contributed by atoms with E-state index < -0.39 is 0 Å². The van der Waals surface area contributed by atoms with Crippen molar-refractivity contribution in [3.63, 3.8) is 0 Å². The van der Waals surface area contributed by atoms with Crippen molar-refractivity contribution in [2.75, 3.05) is 13.2 Å². The van der Waals surface area contributed by atoms with E-state index in [1.807, 2.05) is 0 Å². The second-order valence-electron chi connectivity index (χ2n) is 5.47. The van der Waals surface area contributed by atoms with Gasteiger partial charge < -0.3 is 10.1 Å². The van der Waals surface area contributed by atoms with Gasteiger partial charge in [0, 0.05) is 12.6 Å². The van der Waals surface area contributed by atoms with E-state index in [1.165, 1.54) is 38.5 Å². The predicted molar refractivity (Wildman–Crippen MR) is 81.1 cm³/mol. The Morgan fingerprint density at radius 1 is 0.944 bits per heavy atom. The van der Waals surface area contributed by atoms with Crippen molar-refractivity contribution in [3.05, 3.63) is 0 Å². The quantitative estimate of drug-likeness (QED) is 0.560. The van der Waals surface area contributed by atoms with Crippen molar-refractivity contribution in [2.45, 2.75) is 85.3 Å². The first-order chi connectivity index (χ1) is 8.69. The van der Waals surface area contributed by atoms with Crippen molar-refractivity contribution in [3.8, 4) is 0 Å². The van der Waals surface area contributed by atoms with Gasteiger partial charge in [-0.3, -0.25) is 0 Å². The van der Waals surface area contributed by atoms with Crippen LogP contribution >= 0.6 is 0 Å². The fourth-order valence-electron chi connectivity index (χ4n) is 2.64. The first kappa shape index (κ1) is 17.9. The molecule has 2 nitrogen and oxygen atoms in total. The highest BCUT2D eigenvalue weighted by molar-refractivity contribution is 4.79. The molecule has 0 rings (SSSR count). The van der Waals surface area contributed by atoms with Crippen molar-refractivity contribution in [1.82, 2.24) is 5.32 Å². The Morgan fingerprint density at radius 3 is 2.11 bits per heavy atom. The predicted octanol–water partition coefficient (Wildman–Crippen LogP) is 4.39. The Hall–Kier alpha value is -0.0800. The van der Waals surface area contributed by atoms with Crippen molar-refractivity contribution < 1.29 is 4.74 Å². The molecule has 18 heavy (non-hydrogen) atoms. The summed E-state index contributed by atoms with van der Waals surface area (Å²) in [5.74, 6) is 0.796. The van der Waals surface area contributed by atoms with Crippen LogP contribution in [0, 0.1) is 5.92 Å². The number of hydrogen-bond donors (Lipinski definition) is 1. The van der Waals surface area contributed by atoms with Gasteiger partial charge in [-0.2, -0.15) is 0 Å². The van der Waals surface area contributed by atoms with Crippen LogP contribution in [0.1, 0.15) is 73.1 Å². The van der Waals surface area contributed by atoms with Crippen molar-refractivity contribution >= 4 is 0 Å². The van der Waals surface area contributed by atoms with Crippen LogP contribution in [0.5, 0.6) is 0 Å². The third-order valence-corrected chi connectivity index (χ3v) is 3.50. The molecule has 3 atom stereocenters. The monoisotopic (exact) mass is 257 g/mol. The van der Waals surface area contributed by atoms with Gasteiger partial charge in [0.1, 0.15) is 0 Å². The fourth-order valence-corrected chi connectivity index (χ4v) is 2.64. The van der Waals surface area contributed by atoms with Crippen LogP contribution in [-0.4, -0.2) is 25.3 Å². The topological polar surface area (TPSA) is 21.3 Å². The molecule has 0 fully saturated rings. The average Bonchev–Trinajstić information content (AvgIpc) is 2.34. The van der Waals surface area contributed by atoms with E-state index in [0.29, 0.717) is 12.1 Å².